The molecule has 2 aromatic carbocycles. The molecule has 0 unspecified atom stereocenters. The zero-order valence-corrected chi connectivity index (χ0v) is 39.6. The van der Waals surface area contributed by atoms with Gasteiger partial charge < -0.3 is 40.1 Å². The predicted molar refractivity (Wildman–Crippen MR) is 272 cm³/mol. The van der Waals surface area contributed by atoms with Crippen LogP contribution in [0.25, 0.3) is 28.5 Å². The molecule has 6 aromatic heterocycles. The number of aromatic nitrogens is 12. The van der Waals surface area contributed by atoms with E-state index in [1.807, 2.05) is 71.4 Å². The number of nitrogens with one attached hydrogen (secondary N) is 2. The van der Waals surface area contributed by atoms with Crippen molar-refractivity contribution in [1.29, 1.82) is 0 Å². The lowest BCUT2D eigenvalue weighted by atomic mass is 10.0. The Morgan fingerprint density at radius 1 is 0.597 bits per heavy atom. The summed E-state index contributed by atoms with van der Waals surface area (Å²) in [5.41, 5.74) is 12.9. The maximum atomic E-state index is 11.9. The lowest BCUT2D eigenvalue weighted by Crippen LogP contribution is -2.39. The Bertz CT molecular complexity index is 3250. The maximum absolute atomic E-state index is 11.9. The third kappa shape index (κ3) is 9.76. The molecule has 0 bridgehead atoms. The first kappa shape index (κ1) is 45.8. The quantitative estimate of drug-likeness (QED) is 0.187. The molecule has 4 aliphatic heterocycles. The molecule has 22 nitrogen and oxygen atoms in total. The van der Waals surface area contributed by atoms with E-state index < -0.39 is 5.69 Å². The fourth-order valence-electron chi connectivity index (χ4n) is 9.19. The van der Waals surface area contributed by atoms with Gasteiger partial charge in [-0.3, -0.25) is 18.9 Å². The van der Waals surface area contributed by atoms with Crippen LogP contribution in [0.2, 0.25) is 0 Å². The summed E-state index contributed by atoms with van der Waals surface area (Å²) in [6.07, 6.45) is 12.2. The van der Waals surface area contributed by atoms with Crippen LogP contribution >= 0.6 is 0 Å². The van der Waals surface area contributed by atoms with Crippen molar-refractivity contribution in [2.24, 2.45) is 7.05 Å². The van der Waals surface area contributed by atoms with Crippen LogP contribution in [0.5, 0.6) is 0 Å². The zero-order valence-electron chi connectivity index (χ0n) is 39.6. The van der Waals surface area contributed by atoms with Crippen LogP contribution < -0.4 is 41.9 Å². The summed E-state index contributed by atoms with van der Waals surface area (Å²) in [5.74, 6) is 5.51. The highest BCUT2D eigenvalue weighted by molar-refractivity contribution is 5.67. The van der Waals surface area contributed by atoms with E-state index in [4.69, 9.17) is 35.1 Å². The van der Waals surface area contributed by atoms with Gasteiger partial charge in [-0.05, 0) is 73.5 Å². The molecule has 4 aliphatic rings. The SMILES string of the molecule is Cn1c(=O)cc(Nc2ccc(-c3nc4c(c(N5CCOCC5)n3)CCN(c3ncccn3)C4)cc2)[nH]c1=O.Nc1nccn1-c1ccc(-c2nc3c(c(N4CCOCC4)n2)CCN(c2ncccn2)C3)cc1. The molecule has 0 amide bonds. The Kier molecular flexibility index (Phi) is 13.0. The molecular weight excluding hydrogens is 917 g/mol. The number of ether oxygens (including phenoxy) is 2. The number of nitrogens with zero attached hydrogens (tertiary/aromatic N) is 15. The average Bonchev–Trinajstić information content (AvgIpc) is 3.88. The highest BCUT2D eigenvalue weighted by atomic mass is 16.5. The van der Waals surface area contributed by atoms with Gasteiger partial charge in [-0.2, -0.15) is 0 Å². The van der Waals surface area contributed by atoms with Crippen molar-refractivity contribution >= 4 is 41.0 Å². The van der Waals surface area contributed by atoms with Gasteiger partial charge in [0, 0.05) is 123 Å². The van der Waals surface area contributed by atoms with Crippen LogP contribution in [0.15, 0.2) is 114 Å². The minimum Gasteiger partial charge on any atom is -0.378 e. The second kappa shape index (κ2) is 20.4. The first-order valence-electron chi connectivity index (χ1n) is 23.9. The highest BCUT2D eigenvalue weighted by Crippen LogP contribution is 2.33. The molecule has 22 heteroatoms. The van der Waals surface area contributed by atoms with E-state index >= 15 is 0 Å². The summed E-state index contributed by atoms with van der Waals surface area (Å²) < 4.78 is 14.0. The number of nitrogens with two attached hydrogens (primary N) is 1. The van der Waals surface area contributed by atoms with Crippen LogP contribution in [-0.2, 0) is 42.5 Å². The van der Waals surface area contributed by atoms with Crippen LogP contribution in [0.1, 0.15) is 22.5 Å². The number of anilines is 7. The van der Waals surface area contributed by atoms with Crippen LogP contribution in [0, 0.1) is 0 Å². The van der Waals surface area contributed by atoms with Crippen molar-refractivity contribution < 1.29 is 9.47 Å². The first-order chi connectivity index (χ1) is 35.3. The van der Waals surface area contributed by atoms with Crippen molar-refractivity contribution in [1.82, 2.24) is 59.0 Å². The molecule has 4 N–H and O–H groups in total. The normalized spacial score (nSPS) is 15.6. The third-order valence-corrected chi connectivity index (χ3v) is 13.0. The highest BCUT2D eigenvalue weighted by Gasteiger charge is 2.29. The molecule has 0 saturated carbocycles. The smallest absolute Gasteiger partial charge is 0.329 e. The number of hydrogen-bond donors (Lipinski definition) is 3. The monoisotopic (exact) mass is 968 g/mol. The van der Waals surface area contributed by atoms with E-state index in [9.17, 15) is 9.59 Å². The minimum absolute atomic E-state index is 0.328. The molecule has 12 rings (SSSR count). The van der Waals surface area contributed by atoms with Gasteiger partial charge in [0.25, 0.3) is 5.56 Å². The fraction of sp³-hybridized carbons (Fsp3) is 0.300. The molecule has 0 spiro atoms. The van der Waals surface area contributed by atoms with Gasteiger partial charge in [0.1, 0.15) is 17.5 Å². The number of H-pyrrole nitrogens is 1. The van der Waals surface area contributed by atoms with Gasteiger partial charge in [-0.15, -0.1) is 0 Å². The summed E-state index contributed by atoms with van der Waals surface area (Å²) in [6.45, 7) is 8.85. The van der Waals surface area contributed by atoms with E-state index in [1.54, 1.807) is 31.0 Å². The fourth-order valence-corrected chi connectivity index (χ4v) is 9.19. The molecule has 10 heterocycles. The summed E-state index contributed by atoms with van der Waals surface area (Å²) >= 11 is 0. The number of benzene rings is 2. The van der Waals surface area contributed by atoms with E-state index in [-0.39, 0.29) is 5.56 Å². The number of nitrogen functional groups attached to an aromatic ring is 1. The number of morpholine rings is 2. The lowest BCUT2D eigenvalue weighted by Gasteiger charge is -2.34. The molecule has 0 radical (unpaired) electrons. The number of imidazole rings is 1. The summed E-state index contributed by atoms with van der Waals surface area (Å²) in [6, 6.07) is 20.6. The molecule has 2 saturated heterocycles. The largest absolute Gasteiger partial charge is 0.378 e. The lowest BCUT2D eigenvalue weighted by molar-refractivity contribution is 0.122. The predicted octanol–water partition coefficient (Wildman–Crippen LogP) is 3.56. The summed E-state index contributed by atoms with van der Waals surface area (Å²) in [4.78, 5) is 77.3. The summed E-state index contributed by atoms with van der Waals surface area (Å²) in [5, 5.41) is 3.08. The van der Waals surface area contributed by atoms with Gasteiger partial charge in [0.05, 0.1) is 50.9 Å². The topological polar surface area (TPSA) is 245 Å². The Morgan fingerprint density at radius 2 is 1.10 bits per heavy atom. The Morgan fingerprint density at radius 3 is 1.57 bits per heavy atom. The van der Waals surface area contributed by atoms with Crippen LogP contribution in [0.3, 0.4) is 0 Å². The average molecular weight is 969 g/mol. The second-order valence-electron chi connectivity index (χ2n) is 17.5. The van der Waals surface area contributed by atoms with Gasteiger partial charge in [-0.1, -0.05) is 0 Å². The first-order valence-corrected chi connectivity index (χ1v) is 23.9. The van der Waals surface area contributed by atoms with Crippen molar-refractivity contribution in [3.63, 3.8) is 0 Å². The van der Waals surface area contributed by atoms with E-state index in [0.29, 0.717) is 68.9 Å². The second-order valence-corrected chi connectivity index (χ2v) is 17.5. The summed E-state index contributed by atoms with van der Waals surface area (Å²) in [7, 11) is 1.43. The molecule has 2 fully saturated rings. The van der Waals surface area contributed by atoms with Gasteiger partial charge in [0.15, 0.2) is 11.6 Å². The molecule has 8 aromatic rings. The Labute approximate surface area is 413 Å². The molecule has 0 atom stereocenters. The van der Waals surface area contributed by atoms with E-state index in [0.717, 1.165) is 114 Å². The maximum Gasteiger partial charge on any atom is 0.329 e. The number of aromatic amines is 1. The third-order valence-electron chi connectivity index (χ3n) is 13.0. The minimum atomic E-state index is -0.482. The zero-order chi connectivity index (χ0) is 49.0. The Hall–Kier alpha value is -8.63. The molecule has 72 heavy (non-hydrogen) atoms. The van der Waals surface area contributed by atoms with Crippen molar-refractivity contribution in [2.75, 3.05) is 96.3 Å². The van der Waals surface area contributed by atoms with Crippen molar-refractivity contribution in [3.05, 3.63) is 147 Å². The standard InChI is InChI=1S/C26H27N9O3.C24H25N9O/c1-33-22(36)15-21(31-26(33)37)29-18-5-3-17(4-6-18)23-30-20-16-35(25-27-8-2-9-28-25)10-7-19(20)24(32-23)34-11-13-38-14-12-34;25-23-26-9-11-33(23)18-4-2-17(3-5-18)21-29-20-16-32(24-27-7-1-8-28-24)10-6-19(20)22(30-21)31-12-14-34-15-13-31/h2-6,8-9,15,29H,7,10-14,16H2,1H3,(H,31,37);1-5,7-9,11H,6,10,12-16H2,(H2,25,26). The molecular formula is C50H52N18O4. The number of fused-ring (bicyclic) bond motifs is 2. The van der Waals surface area contributed by atoms with Gasteiger partial charge in [-0.25, -0.2) is 49.7 Å². The Balaban J connectivity index is 0.000000157. The van der Waals surface area contributed by atoms with Crippen LogP contribution in [-0.4, -0.2) is 125 Å². The van der Waals surface area contributed by atoms with Gasteiger partial charge >= 0.3 is 5.69 Å². The van der Waals surface area contributed by atoms with Gasteiger partial charge in [0.2, 0.25) is 17.8 Å². The molecule has 366 valence electrons. The van der Waals surface area contributed by atoms with Crippen molar-refractivity contribution in [2.45, 2.75) is 25.9 Å². The number of hydrogen-bond acceptors (Lipinski definition) is 19. The van der Waals surface area contributed by atoms with Crippen LogP contribution in [0.4, 0.5) is 41.0 Å². The van der Waals surface area contributed by atoms with E-state index in [2.05, 4.69) is 54.8 Å². The van der Waals surface area contributed by atoms with Crippen molar-refractivity contribution in [3.8, 4) is 28.5 Å². The van der Waals surface area contributed by atoms with E-state index in [1.165, 1.54) is 18.7 Å². The number of rotatable bonds is 9. The molecule has 0 aliphatic carbocycles.